The Balaban J connectivity index is 1.75. The van der Waals surface area contributed by atoms with E-state index < -0.39 is 0 Å². The zero-order chi connectivity index (χ0) is 13.9. The molecule has 3 nitrogen and oxygen atoms in total. The Bertz CT molecular complexity index is 650. The summed E-state index contributed by atoms with van der Waals surface area (Å²) in [5.41, 5.74) is 2.36. The van der Waals surface area contributed by atoms with E-state index in [0.717, 1.165) is 12.1 Å². The van der Waals surface area contributed by atoms with Gasteiger partial charge in [-0.1, -0.05) is 0 Å². The van der Waals surface area contributed by atoms with Gasteiger partial charge in [0.25, 0.3) is 0 Å². The van der Waals surface area contributed by atoms with Gasteiger partial charge in [-0.3, -0.25) is 0 Å². The number of rotatable bonds is 5. The lowest BCUT2D eigenvalue weighted by atomic mass is 10.1. The third-order valence-electron chi connectivity index (χ3n) is 3.51. The fraction of sp³-hybridized carbons (Fsp3) is 0.312. The van der Waals surface area contributed by atoms with Gasteiger partial charge in [0, 0.05) is 31.0 Å². The van der Waals surface area contributed by atoms with Crippen molar-refractivity contribution >= 4 is 0 Å². The van der Waals surface area contributed by atoms with E-state index in [-0.39, 0.29) is 5.82 Å². The quantitative estimate of drug-likeness (QED) is 0.906. The summed E-state index contributed by atoms with van der Waals surface area (Å²) in [6, 6.07) is 11.2. The third kappa shape index (κ3) is 3.06. The first-order chi connectivity index (χ1) is 9.74. The predicted octanol–water partition coefficient (Wildman–Crippen LogP) is 2.80. The first-order valence-corrected chi connectivity index (χ1v) is 6.81. The maximum Gasteiger partial charge on any atom is 0.124 e. The molecule has 1 aliphatic rings. The van der Waals surface area contributed by atoms with E-state index in [2.05, 4.69) is 16.0 Å². The van der Waals surface area contributed by atoms with Gasteiger partial charge in [-0.2, -0.15) is 5.26 Å². The van der Waals surface area contributed by atoms with Gasteiger partial charge in [0.05, 0.1) is 11.6 Å². The van der Waals surface area contributed by atoms with E-state index in [1.807, 2.05) is 18.3 Å². The highest BCUT2D eigenvalue weighted by molar-refractivity contribution is 5.34. The van der Waals surface area contributed by atoms with E-state index in [1.54, 1.807) is 6.07 Å². The molecule has 0 amide bonds. The number of nitriles is 1. The fourth-order valence-corrected chi connectivity index (χ4v) is 2.30. The molecule has 1 aromatic heterocycles. The van der Waals surface area contributed by atoms with Crippen LogP contribution in [0.2, 0.25) is 0 Å². The van der Waals surface area contributed by atoms with Crippen LogP contribution in [0.4, 0.5) is 4.39 Å². The average Bonchev–Trinajstić information content (AvgIpc) is 3.16. The summed E-state index contributed by atoms with van der Waals surface area (Å²) in [6.45, 7) is 1.42. The molecule has 0 spiro atoms. The molecule has 0 unspecified atom stereocenters. The van der Waals surface area contributed by atoms with Crippen molar-refractivity contribution < 1.29 is 4.39 Å². The van der Waals surface area contributed by atoms with Crippen molar-refractivity contribution in [3.05, 3.63) is 59.2 Å². The molecule has 102 valence electrons. The lowest BCUT2D eigenvalue weighted by Gasteiger charge is -2.10. The second kappa shape index (κ2) is 5.48. The Morgan fingerprint density at radius 3 is 2.95 bits per heavy atom. The minimum Gasteiger partial charge on any atom is -0.346 e. The SMILES string of the molecule is N#Cc1cc(F)cc(Cn2cccc2CNC2CC2)c1. The number of hydrogen-bond acceptors (Lipinski definition) is 2. The molecule has 2 aromatic rings. The molecular weight excluding hydrogens is 253 g/mol. The van der Waals surface area contributed by atoms with Crippen molar-refractivity contribution in [1.82, 2.24) is 9.88 Å². The molecule has 0 atom stereocenters. The van der Waals surface area contributed by atoms with Gasteiger partial charge in [0.2, 0.25) is 0 Å². The van der Waals surface area contributed by atoms with E-state index in [0.29, 0.717) is 18.2 Å². The molecule has 1 N–H and O–H groups in total. The van der Waals surface area contributed by atoms with Crippen LogP contribution in [0.15, 0.2) is 36.5 Å². The molecule has 1 fully saturated rings. The van der Waals surface area contributed by atoms with Gasteiger partial charge in [-0.05, 0) is 48.7 Å². The van der Waals surface area contributed by atoms with Crippen LogP contribution in [0.5, 0.6) is 0 Å². The Morgan fingerprint density at radius 2 is 2.20 bits per heavy atom. The minimum atomic E-state index is -0.358. The molecule has 4 heteroatoms. The number of nitrogens with one attached hydrogen (secondary N) is 1. The summed E-state index contributed by atoms with van der Waals surface area (Å²) in [5.74, 6) is -0.358. The van der Waals surface area contributed by atoms with Crippen molar-refractivity contribution in [2.45, 2.75) is 32.0 Å². The third-order valence-corrected chi connectivity index (χ3v) is 3.51. The summed E-state index contributed by atoms with van der Waals surface area (Å²) in [5, 5.41) is 12.4. The van der Waals surface area contributed by atoms with Crippen LogP contribution in [0, 0.1) is 17.1 Å². The fourth-order valence-electron chi connectivity index (χ4n) is 2.30. The van der Waals surface area contributed by atoms with Gasteiger partial charge < -0.3 is 9.88 Å². The van der Waals surface area contributed by atoms with Crippen LogP contribution in [0.25, 0.3) is 0 Å². The van der Waals surface area contributed by atoms with Crippen LogP contribution < -0.4 is 5.32 Å². The standard InChI is InChI=1S/C16H16FN3/c17-14-7-12(9-18)6-13(8-14)11-20-5-1-2-16(20)10-19-15-3-4-15/h1-2,5-8,15,19H,3-4,10-11H2. The summed E-state index contributed by atoms with van der Waals surface area (Å²) < 4.78 is 15.5. The summed E-state index contributed by atoms with van der Waals surface area (Å²) in [6.07, 6.45) is 4.51. The Morgan fingerprint density at radius 1 is 1.35 bits per heavy atom. The second-order valence-corrected chi connectivity index (χ2v) is 5.24. The lowest BCUT2D eigenvalue weighted by molar-refractivity contribution is 0.616. The predicted molar refractivity (Wildman–Crippen MR) is 74.5 cm³/mol. The van der Waals surface area contributed by atoms with Crippen molar-refractivity contribution in [1.29, 1.82) is 5.26 Å². The molecule has 1 saturated carbocycles. The topological polar surface area (TPSA) is 40.8 Å². The van der Waals surface area contributed by atoms with Gasteiger partial charge >= 0.3 is 0 Å². The van der Waals surface area contributed by atoms with Gasteiger partial charge in [0.1, 0.15) is 5.82 Å². The Hall–Kier alpha value is -2.12. The normalized spacial score (nSPS) is 14.2. The summed E-state index contributed by atoms with van der Waals surface area (Å²) in [7, 11) is 0. The maximum atomic E-state index is 13.4. The summed E-state index contributed by atoms with van der Waals surface area (Å²) in [4.78, 5) is 0. The number of hydrogen-bond donors (Lipinski definition) is 1. The molecule has 20 heavy (non-hydrogen) atoms. The van der Waals surface area contributed by atoms with Crippen LogP contribution >= 0.6 is 0 Å². The van der Waals surface area contributed by atoms with Gasteiger partial charge in [0.15, 0.2) is 0 Å². The van der Waals surface area contributed by atoms with E-state index in [9.17, 15) is 4.39 Å². The van der Waals surface area contributed by atoms with Crippen molar-refractivity contribution in [3.8, 4) is 6.07 Å². The van der Waals surface area contributed by atoms with E-state index in [4.69, 9.17) is 5.26 Å². The highest BCUT2D eigenvalue weighted by atomic mass is 19.1. The lowest BCUT2D eigenvalue weighted by Crippen LogP contribution is -2.18. The highest BCUT2D eigenvalue weighted by Gasteiger charge is 2.20. The smallest absolute Gasteiger partial charge is 0.124 e. The van der Waals surface area contributed by atoms with E-state index in [1.165, 1.54) is 30.7 Å². The van der Waals surface area contributed by atoms with Crippen LogP contribution in [-0.4, -0.2) is 10.6 Å². The molecule has 1 heterocycles. The second-order valence-electron chi connectivity index (χ2n) is 5.24. The first-order valence-electron chi connectivity index (χ1n) is 6.81. The first kappa shape index (κ1) is 12.9. The van der Waals surface area contributed by atoms with Crippen LogP contribution in [0.3, 0.4) is 0 Å². The summed E-state index contributed by atoms with van der Waals surface area (Å²) >= 11 is 0. The molecule has 0 saturated heterocycles. The number of benzene rings is 1. The van der Waals surface area contributed by atoms with E-state index >= 15 is 0 Å². The van der Waals surface area contributed by atoms with Gasteiger partial charge in [-0.15, -0.1) is 0 Å². The molecule has 1 aliphatic carbocycles. The molecule has 1 aromatic carbocycles. The van der Waals surface area contributed by atoms with Crippen molar-refractivity contribution in [2.75, 3.05) is 0 Å². The molecule has 0 bridgehead atoms. The molecule has 0 radical (unpaired) electrons. The minimum absolute atomic E-state index is 0.358. The van der Waals surface area contributed by atoms with Crippen LogP contribution in [-0.2, 0) is 13.1 Å². The largest absolute Gasteiger partial charge is 0.346 e. The molecular formula is C16H16FN3. The zero-order valence-corrected chi connectivity index (χ0v) is 11.1. The Labute approximate surface area is 117 Å². The van der Waals surface area contributed by atoms with Crippen molar-refractivity contribution in [3.63, 3.8) is 0 Å². The highest BCUT2D eigenvalue weighted by Crippen LogP contribution is 2.19. The average molecular weight is 269 g/mol. The zero-order valence-electron chi connectivity index (χ0n) is 11.1. The maximum absolute atomic E-state index is 13.4. The van der Waals surface area contributed by atoms with Gasteiger partial charge in [-0.25, -0.2) is 4.39 Å². The number of halogens is 1. The molecule has 0 aliphatic heterocycles. The number of aromatic nitrogens is 1. The van der Waals surface area contributed by atoms with Crippen molar-refractivity contribution in [2.24, 2.45) is 0 Å². The molecule has 3 rings (SSSR count). The Kier molecular flexibility index (Phi) is 3.53. The van der Waals surface area contributed by atoms with Crippen LogP contribution in [0.1, 0.15) is 29.7 Å². The number of nitrogens with zero attached hydrogens (tertiary/aromatic N) is 2. The monoisotopic (exact) mass is 269 g/mol.